The quantitative estimate of drug-likeness (QED) is 0.150. The molecule has 0 amide bonds. The lowest BCUT2D eigenvalue weighted by atomic mass is 10.1. The molecule has 5 aromatic rings. The van der Waals surface area contributed by atoms with E-state index in [1.165, 1.54) is 22.6 Å². The average molecular weight is 614 g/mol. The van der Waals surface area contributed by atoms with Crippen LogP contribution in [-0.2, 0) is 13.1 Å². The summed E-state index contributed by atoms with van der Waals surface area (Å²) in [7, 11) is 0. The van der Waals surface area contributed by atoms with E-state index in [9.17, 15) is 0 Å². The molecule has 2 aliphatic rings. The predicted molar refractivity (Wildman–Crippen MR) is 181 cm³/mol. The van der Waals surface area contributed by atoms with E-state index in [0.29, 0.717) is 10.4 Å². The normalized spacial score (nSPS) is 19.0. The molecule has 0 spiro atoms. The summed E-state index contributed by atoms with van der Waals surface area (Å²) in [5.74, 6) is 2.48. The molecule has 1 saturated heterocycles. The highest BCUT2D eigenvalue weighted by Gasteiger charge is 2.50. The lowest BCUT2D eigenvalue weighted by Crippen LogP contribution is -2.67. The molecular weight excluding hydrogens is 572 g/mol. The second-order valence-corrected chi connectivity index (χ2v) is 12.1. The molecule has 0 aliphatic carbocycles. The topological polar surface area (TPSA) is 82.5 Å². The van der Waals surface area contributed by atoms with Gasteiger partial charge in [-0.15, -0.1) is 15.2 Å². The zero-order valence-corrected chi connectivity index (χ0v) is 26.4. The van der Waals surface area contributed by atoms with Crippen molar-refractivity contribution in [3.05, 3.63) is 132 Å². The maximum atomic E-state index is 6.48. The van der Waals surface area contributed by atoms with E-state index < -0.39 is 6.10 Å². The van der Waals surface area contributed by atoms with Gasteiger partial charge in [0.15, 0.2) is 11.8 Å². The number of aromatic nitrogens is 4. The smallest absolute Gasteiger partial charge is 0.228 e. The Morgan fingerprint density at radius 3 is 2.37 bits per heavy atom. The molecular formula is C37H41N8O+. The molecule has 2 atom stereocenters. The van der Waals surface area contributed by atoms with Gasteiger partial charge < -0.3 is 4.74 Å². The molecule has 7 rings (SSSR count). The maximum absolute atomic E-state index is 6.48. The van der Waals surface area contributed by atoms with Crippen LogP contribution < -0.4 is 9.33 Å². The summed E-state index contributed by atoms with van der Waals surface area (Å²) in [6.45, 7) is 6.95. The molecule has 1 fully saturated rings. The SMILES string of the molecule is CCCCC1=Nc2ccccc2[N+]1(Cc1ccc(OC(c2ccccc2)c2nn[nH]n2)cc1)N1CCCN(Cc2ccccc2)C1. The molecule has 0 saturated carbocycles. The number of unbranched alkanes of at least 4 members (excludes halogenated alkanes) is 1. The molecule has 234 valence electrons. The molecule has 0 bridgehead atoms. The van der Waals surface area contributed by atoms with E-state index in [1.54, 1.807) is 0 Å². The monoisotopic (exact) mass is 613 g/mol. The van der Waals surface area contributed by atoms with E-state index in [1.807, 2.05) is 30.3 Å². The number of hydrogen-bond donors (Lipinski definition) is 1. The number of rotatable bonds is 12. The number of aromatic amines is 1. The number of amidine groups is 1. The number of H-pyrrole nitrogens is 1. The van der Waals surface area contributed by atoms with Crippen molar-refractivity contribution in [2.75, 3.05) is 19.8 Å². The molecule has 3 heterocycles. The fourth-order valence-corrected chi connectivity index (χ4v) is 6.75. The first kappa shape index (κ1) is 30.0. The van der Waals surface area contributed by atoms with Crippen LogP contribution in [0.2, 0.25) is 0 Å². The van der Waals surface area contributed by atoms with Crippen molar-refractivity contribution >= 4 is 17.2 Å². The van der Waals surface area contributed by atoms with Crippen molar-refractivity contribution < 1.29 is 4.74 Å². The average Bonchev–Trinajstić information content (AvgIpc) is 3.75. The van der Waals surface area contributed by atoms with Gasteiger partial charge in [-0.25, -0.2) is 0 Å². The Hall–Kier alpha value is -4.70. The number of nitrogens with one attached hydrogen (secondary N) is 1. The summed E-state index contributed by atoms with van der Waals surface area (Å²) >= 11 is 0. The van der Waals surface area contributed by atoms with Crippen LogP contribution in [0.5, 0.6) is 5.75 Å². The summed E-state index contributed by atoms with van der Waals surface area (Å²) < 4.78 is 7.12. The van der Waals surface area contributed by atoms with Gasteiger partial charge in [0.25, 0.3) is 0 Å². The first-order valence-corrected chi connectivity index (χ1v) is 16.3. The van der Waals surface area contributed by atoms with E-state index in [2.05, 4.69) is 116 Å². The number of nitrogens with zero attached hydrogens (tertiary/aromatic N) is 7. The zero-order chi connectivity index (χ0) is 31.2. The molecule has 1 N–H and O–H groups in total. The van der Waals surface area contributed by atoms with Gasteiger partial charge in [0.1, 0.15) is 24.7 Å². The predicted octanol–water partition coefficient (Wildman–Crippen LogP) is 7.19. The minimum atomic E-state index is -0.466. The van der Waals surface area contributed by atoms with E-state index in [4.69, 9.17) is 9.73 Å². The maximum Gasteiger partial charge on any atom is 0.228 e. The van der Waals surface area contributed by atoms with Crippen LogP contribution >= 0.6 is 0 Å². The van der Waals surface area contributed by atoms with Crippen molar-refractivity contribution in [3.63, 3.8) is 0 Å². The van der Waals surface area contributed by atoms with Gasteiger partial charge in [-0.1, -0.05) is 91.4 Å². The Morgan fingerprint density at radius 1 is 0.848 bits per heavy atom. The minimum Gasteiger partial charge on any atom is -0.478 e. The summed E-state index contributed by atoms with van der Waals surface area (Å²) in [5, 5.41) is 17.4. The Balaban J connectivity index is 1.20. The summed E-state index contributed by atoms with van der Waals surface area (Å²) in [5.41, 5.74) is 5.89. The Morgan fingerprint density at radius 2 is 1.61 bits per heavy atom. The Bertz CT molecular complexity index is 1730. The summed E-state index contributed by atoms with van der Waals surface area (Å²) in [6, 6.07) is 38.0. The van der Waals surface area contributed by atoms with Gasteiger partial charge in [0, 0.05) is 36.7 Å². The third-order valence-electron chi connectivity index (χ3n) is 8.98. The third-order valence-corrected chi connectivity index (χ3v) is 8.98. The molecule has 9 heteroatoms. The number of tetrazole rings is 1. The first-order chi connectivity index (χ1) is 22.7. The lowest BCUT2D eigenvalue weighted by molar-refractivity contribution is -0.0410. The van der Waals surface area contributed by atoms with Gasteiger partial charge in [0.05, 0.1) is 6.54 Å². The van der Waals surface area contributed by atoms with E-state index in [0.717, 1.165) is 75.5 Å². The van der Waals surface area contributed by atoms with Gasteiger partial charge in [-0.05, 0) is 48.7 Å². The minimum absolute atomic E-state index is 0.466. The molecule has 1 aromatic heterocycles. The van der Waals surface area contributed by atoms with Crippen LogP contribution in [-0.4, -0.2) is 56.1 Å². The van der Waals surface area contributed by atoms with Crippen LogP contribution in [0.25, 0.3) is 0 Å². The van der Waals surface area contributed by atoms with E-state index in [-0.39, 0.29) is 0 Å². The molecule has 4 aromatic carbocycles. The summed E-state index contributed by atoms with van der Waals surface area (Å²) in [4.78, 5) is 7.90. The zero-order valence-electron chi connectivity index (χ0n) is 26.4. The van der Waals surface area contributed by atoms with Crippen molar-refractivity contribution in [1.82, 2.24) is 35.1 Å². The second kappa shape index (κ2) is 13.7. The van der Waals surface area contributed by atoms with Crippen molar-refractivity contribution in [2.45, 2.75) is 51.8 Å². The van der Waals surface area contributed by atoms with Gasteiger partial charge in [0.2, 0.25) is 11.7 Å². The number of aliphatic imine (C=N–C) groups is 1. The lowest BCUT2D eigenvalue weighted by Gasteiger charge is -2.47. The fourth-order valence-electron chi connectivity index (χ4n) is 6.75. The van der Waals surface area contributed by atoms with Crippen LogP contribution in [0, 0.1) is 0 Å². The molecule has 2 aliphatic heterocycles. The third kappa shape index (κ3) is 6.22. The van der Waals surface area contributed by atoms with E-state index >= 15 is 0 Å². The molecule has 46 heavy (non-hydrogen) atoms. The van der Waals surface area contributed by atoms with Gasteiger partial charge in [-0.2, -0.15) is 14.8 Å². The molecule has 9 nitrogen and oxygen atoms in total. The Kier molecular flexibility index (Phi) is 8.96. The Labute approximate surface area is 270 Å². The molecule has 2 unspecified atom stereocenters. The first-order valence-electron chi connectivity index (χ1n) is 16.3. The highest BCUT2D eigenvalue weighted by molar-refractivity contribution is 6.01. The highest BCUT2D eigenvalue weighted by atomic mass is 16.5. The van der Waals surface area contributed by atoms with Crippen LogP contribution in [0.1, 0.15) is 61.2 Å². The summed E-state index contributed by atoms with van der Waals surface area (Å²) in [6.07, 6.45) is 3.85. The van der Waals surface area contributed by atoms with Crippen molar-refractivity contribution in [2.24, 2.45) is 4.99 Å². The van der Waals surface area contributed by atoms with Gasteiger partial charge >= 0.3 is 0 Å². The van der Waals surface area contributed by atoms with Crippen molar-refractivity contribution in [3.8, 4) is 5.75 Å². The number of ether oxygens (including phenoxy) is 1. The molecule has 0 radical (unpaired) electrons. The number of quaternary nitrogens is 1. The van der Waals surface area contributed by atoms with Crippen LogP contribution in [0.4, 0.5) is 11.4 Å². The van der Waals surface area contributed by atoms with Crippen molar-refractivity contribution in [1.29, 1.82) is 0 Å². The fraction of sp³-hybridized carbons (Fsp3) is 0.297. The standard InChI is InChI=1S/C37H41N8O/c1-2-3-19-35-38-33-17-10-11-18-34(33)45(35,44-25-12-24-43(28-44)26-29-13-6-4-7-14-29)27-30-20-22-32(23-21-30)46-36(37-39-41-42-40-37)31-15-8-5-9-16-31/h4-11,13-18,20-23,36H,2-3,12,19,24-28H2,1H3,(H,39,40,41,42)/q+1. The second-order valence-electron chi connectivity index (χ2n) is 12.1. The highest BCUT2D eigenvalue weighted by Crippen LogP contribution is 2.45. The number of para-hydroxylation sites is 2. The van der Waals surface area contributed by atoms with Crippen LogP contribution in [0.3, 0.4) is 0 Å². The van der Waals surface area contributed by atoms with Gasteiger partial charge in [-0.3, -0.25) is 4.90 Å². The van der Waals surface area contributed by atoms with Crippen LogP contribution in [0.15, 0.2) is 114 Å². The number of fused-ring (bicyclic) bond motifs is 1. The number of benzene rings is 4. The number of hydrogen-bond acceptors (Lipinski definition) is 7. The largest absolute Gasteiger partial charge is 0.478 e.